The summed E-state index contributed by atoms with van der Waals surface area (Å²) in [7, 11) is 1.67. The van der Waals surface area contributed by atoms with Gasteiger partial charge in [-0.15, -0.1) is 0 Å². The molecule has 0 saturated carbocycles. The minimum atomic E-state index is -0.394. The number of carbonyl (C=O) groups is 1. The highest BCUT2D eigenvalue weighted by Crippen LogP contribution is 2.34. The summed E-state index contributed by atoms with van der Waals surface area (Å²) in [5.74, 6) is 0.0559. The van der Waals surface area contributed by atoms with E-state index in [4.69, 9.17) is 10.2 Å². The van der Waals surface area contributed by atoms with E-state index in [-0.39, 0.29) is 5.91 Å². The molecule has 1 aromatic heterocycles. The molecule has 3 rings (SSSR count). The van der Waals surface area contributed by atoms with Crippen LogP contribution in [0.25, 0.3) is 11.1 Å². The van der Waals surface area contributed by atoms with Gasteiger partial charge in [0, 0.05) is 31.9 Å². The third-order valence-corrected chi connectivity index (χ3v) is 3.92. The second-order valence-corrected chi connectivity index (χ2v) is 5.53. The number of amides is 1. The first kappa shape index (κ1) is 12.8. The lowest BCUT2D eigenvalue weighted by Gasteiger charge is -2.21. The standard InChI is InChI=1S/C14H18N4O2/c1-14(12(19)16-2)5-6-18(8-14)13-17-10-4-3-9(15)7-11(10)20-13/h3-4,7H,5-6,8,15H2,1-2H3,(H,16,19). The van der Waals surface area contributed by atoms with Crippen LogP contribution >= 0.6 is 0 Å². The Balaban J connectivity index is 1.88. The van der Waals surface area contributed by atoms with E-state index in [0.29, 0.717) is 23.8 Å². The molecule has 2 heterocycles. The minimum Gasteiger partial charge on any atom is -0.423 e. The van der Waals surface area contributed by atoms with E-state index < -0.39 is 5.41 Å². The number of nitrogens with one attached hydrogen (secondary N) is 1. The number of benzene rings is 1. The van der Waals surface area contributed by atoms with Crippen molar-refractivity contribution in [3.63, 3.8) is 0 Å². The fourth-order valence-electron chi connectivity index (χ4n) is 2.68. The predicted molar refractivity (Wildman–Crippen MR) is 77.4 cm³/mol. The molecule has 1 aliphatic heterocycles. The summed E-state index contributed by atoms with van der Waals surface area (Å²) in [5.41, 5.74) is 7.44. The van der Waals surface area contributed by atoms with Crippen LogP contribution < -0.4 is 16.0 Å². The number of nitrogen functional groups attached to an aromatic ring is 1. The Morgan fingerprint density at radius 3 is 3.10 bits per heavy atom. The van der Waals surface area contributed by atoms with Gasteiger partial charge < -0.3 is 20.4 Å². The van der Waals surface area contributed by atoms with Crippen molar-refractivity contribution in [1.82, 2.24) is 10.3 Å². The van der Waals surface area contributed by atoms with Gasteiger partial charge in [0.15, 0.2) is 5.58 Å². The number of nitrogens with zero attached hydrogens (tertiary/aromatic N) is 2. The van der Waals surface area contributed by atoms with E-state index in [2.05, 4.69) is 10.3 Å². The van der Waals surface area contributed by atoms with Crippen molar-refractivity contribution in [3.8, 4) is 0 Å². The first-order chi connectivity index (χ1) is 9.51. The zero-order valence-corrected chi connectivity index (χ0v) is 11.6. The van der Waals surface area contributed by atoms with E-state index in [1.165, 1.54) is 0 Å². The average molecular weight is 274 g/mol. The van der Waals surface area contributed by atoms with Gasteiger partial charge in [0.25, 0.3) is 6.01 Å². The number of aromatic nitrogens is 1. The quantitative estimate of drug-likeness (QED) is 0.808. The number of hydrogen-bond donors (Lipinski definition) is 2. The zero-order chi connectivity index (χ0) is 14.3. The van der Waals surface area contributed by atoms with Crippen molar-refractivity contribution in [1.29, 1.82) is 0 Å². The minimum absolute atomic E-state index is 0.0559. The molecule has 106 valence electrons. The maximum Gasteiger partial charge on any atom is 0.298 e. The normalized spacial score (nSPS) is 22.4. The molecule has 0 radical (unpaired) electrons. The fraction of sp³-hybridized carbons (Fsp3) is 0.429. The van der Waals surface area contributed by atoms with Crippen LogP contribution in [0, 0.1) is 5.41 Å². The molecule has 6 nitrogen and oxygen atoms in total. The highest BCUT2D eigenvalue weighted by Gasteiger charge is 2.41. The number of oxazole rings is 1. The summed E-state index contributed by atoms with van der Waals surface area (Å²) in [6.45, 7) is 3.33. The van der Waals surface area contributed by atoms with Gasteiger partial charge in [-0.3, -0.25) is 4.79 Å². The second kappa shape index (κ2) is 4.40. The van der Waals surface area contributed by atoms with Crippen LogP contribution in [-0.2, 0) is 4.79 Å². The molecule has 1 aliphatic rings. The summed E-state index contributed by atoms with van der Waals surface area (Å²) in [4.78, 5) is 18.4. The first-order valence-electron chi connectivity index (χ1n) is 6.65. The van der Waals surface area contributed by atoms with Gasteiger partial charge in [0.1, 0.15) is 5.52 Å². The van der Waals surface area contributed by atoms with Crippen molar-refractivity contribution in [2.24, 2.45) is 5.41 Å². The van der Waals surface area contributed by atoms with Gasteiger partial charge in [-0.2, -0.15) is 4.98 Å². The van der Waals surface area contributed by atoms with Gasteiger partial charge in [-0.1, -0.05) is 0 Å². The molecule has 0 bridgehead atoms. The molecule has 1 fully saturated rings. The first-order valence-corrected chi connectivity index (χ1v) is 6.65. The van der Waals surface area contributed by atoms with E-state index in [1.54, 1.807) is 19.2 Å². The lowest BCUT2D eigenvalue weighted by molar-refractivity contribution is -0.128. The molecule has 1 amide bonds. The number of nitrogens with two attached hydrogens (primary N) is 1. The van der Waals surface area contributed by atoms with E-state index >= 15 is 0 Å². The average Bonchev–Trinajstić information content (AvgIpc) is 3.01. The summed E-state index contributed by atoms with van der Waals surface area (Å²) in [6, 6.07) is 5.96. The van der Waals surface area contributed by atoms with Gasteiger partial charge in [-0.05, 0) is 25.5 Å². The molecule has 1 saturated heterocycles. The third-order valence-electron chi connectivity index (χ3n) is 3.92. The van der Waals surface area contributed by atoms with Crippen LogP contribution in [0.3, 0.4) is 0 Å². The molecular formula is C14H18N4O2. The molecule has 1 unspecified atom stereocenters. The molecule has 1 atom stereocenters. The van der Waals surface area contributed by atoms with Crippen LogP contribution in [0.4, 0.5) is 11.7 Å². The molecule has 0 spiro atoms. The number of fused-ring (bicyclic) bond motifs is 1. The lowest BCUT2D eigenvalue weighted by Crippen LogP contribution is -2.39. The van der Waals surface area contributed by atoms with Crippen molar-refractivity contribution < 1.29 is 9.21 Å². The topological polar surface area (TPSA) is 84.4 Å². The highest BCUT2D eigenvalue weighted by atomic mass is 16.4. The summed E-state index contributed by atoms with van der Waals surface area (Å²) in [5, 5.41) is 2.72. The van der Waals surface area contributed by atoms with Gasteiger partial charge in [-0.25, -0.2) is 0 Å². The smallest absolute Gasteiger partial charge is 0.298 e. The Bertz CT molecular complexity index is 666. The SMILES string of the molecule is CNC(=O)C1(C)CCN(c2nc3ccc(N)cc3o2)C1. The fourth-order valence-corrected chi connectivity index (χ4v) is 2.68. The van der Waals surface area contributed by atoms with Gasteiger partial charge >= 0.3 is 0 Å². The van der Waals surface area contributed by atoms with Crippen LogP contribution in [-0.4, -0.2) is 31.0 Å². The predicted octanol–water partition coefficient (Wildman–Crippen LogP) is 1.37. The van der Waals surface area contributed by atoms with Crippen molar-refractivity contribution in [2.45, 2.75) is 13.3 Å². The van der Waals surface area contributed by atoms with Crippen molar-refractivity contribution >= 4 is 28.7 Å². The van der Waals surface area contributed by atoms with Crippen molar-refractivity contribution in [3.05, 3.63) is 18.2 Å². The number of carbonyl (C=O) groups excluding carboxylic acids is 1. The Kier molecular flexibility index (Phi) is 2.81. The molecule has 3 N–H and O–H groups in total. The molecule has 20 heavy (non-hydrogen) atoms. The Morgan fingerprint density at radius 1 is 1.55 bits per heavy atom. The molecule has 2 aromatic rings. The van der Waals surface area contributed by atoms with Gasteiger partial charge in [0.2, 0.25) is 5.91 Å². The Hall–Kier alpha value is -2.24. The van der Waals surface area contributed by atoms with E-state index in [0.717, 1.165) is 18.5 Å². The number of hydrogen-bond acceptors (Lipinski definition) is 5. The monoisotopic (exact) mass is 274 g/mol. The van der Waals surface area contributed by atoms with Crippen LogP contribution in [0.2, 0.25) is 0 Å². The van der Waals surface area contributed by atoms with Gasteiger partial charge in [0.05, 0.1) is 5.41 Å². The van der Waals surface area contributed by atoms with Crippen LogP contribution in [0.1, 0.15) is 13.3 Å². The summed E-state index contributed by atoms with van der Waals surface area (Å²) in [6.07, 6.45) is 0.785. The Morgan fingerprint density at radius 2 is 2.35 bits per heavy atom. The van der Waals surface area contributed by atoms with Crippen molar-refractivity contribution in [2.75, 3.05) is 30.8 Å². The lowest BCUT2D eigenvalue weighted by atomic mass is 9.89. The zero-order valence-electron chi connectivity index (χ0n) is 11.6. The Labute approximate surface area is 116 Å². The van der Waals surface area contributed by atoms with E-state index in [9.17, 15) is 4.79 Å². The maximum absolute atomic E-state index is 11.9. The van der Waals surface area contributed by atoms with Crippen LogP contribution in [0.15, 0.2) is 22.6 Å². The summed E-state index contributed by atoms with van der Waals surface area (Å²) < 4.78 is 5.74. The maximum atomic E-state index is 11.9. The third kappa shape index (κ3) is 1.97. The molecule has 1 aromatic carbocycles. The summed E-state index contributed by atoms with van der Waals surface area (Å²) >= 11 is 0. The number of anilines is 2. The van der Waals surface area contributed by atoms with E-state index in [1.807, 2.05) is 17.9 Å². The molecular weight excluding hydrogens is 256 g/mol. The molecule has 6 heteroatoms. The van der Waals surface area contributed by atoms with Crippen LogP contribution in [0.5, 0.6) is 0 Å². The highest BCUT2D eigenvalue weighted by molar-refractivity contribution is 5.83. The second-order valence-electron chi connectivity index (χ2n) is 5.53. The number of rotatable bonds is 2. The molecule has 0 aliphatic carbocycles. The largest absolute Gasteiger partial charge is 0.423 e.